The van der Waals surface area contributed by atoms with Crippen LogP contribution in [0.4, 0.5) is 4.39 Å². The van der Waals surface area contributed by atoms with Crippen LogP contribution in [0, 0.1) is 5.82 Å². The number of carbonyl (C=O) groups is 1. The topological polar surface area (TPSA) is 17.1 Å². The minimum Gasteiger partial charge on any atom is -0.303 e. The molecule has 0 N–H and O–H groups in total. The van der Waals surface area contributed by atoms with Crippen LogP contribution in [-0.4, -0.2) is 6.29 Å². The average Bonchev–Trinajstić information content (AvgIpc) is 1.95. The molecule has 58 valence electrons. The molecule has 0 aliphatic heterocycles. The van der Waals surface area contributed by atoms with Crippen molar-refractivity contribution in [2.24, 2.45) is 0 Å². The van der Waals surface area contributed by atoms with E-state index in [1.807, 2.05) is 0 Å². The van der Waals surface area contributed by atoms with E-state index >= 15 is 0 Å². The summed E-state index contributed by atoms with van der Waals surface area (Å²) in [6, 6.07) is 4.65. The van der Waals surface area contributed by atoms with Crippen molar-refractivity contribution in [1.29, 1.82) is 0 Å². The smallest absolute Gasteiger partial charge is 0.127 e. The molecule has 0 fully saturated rings. The van der Waals surface area contributed by atoms with E-state index in [1.165, 1.54) is 6.07 Å². The van der Waals surface area contributed by atoms with Crippen molar-refractivity contribution < 1.29 is 9.18 Å². The molecule has 0 heterocycles. The summed E-state index contributed by atoms with van der Waals surface area (Å²) in [5, 5.41) is 0. The molecule has 0 aromatic heterocycles. The van der Waals surface area contributed by atoms with E-state index in [2.05, 4.69) is 15.9 Å². The van der Waals surface area contributed by atoms with Gasteiger partial charge in [0.15, 0.2) is 0 Å². The highest BCUT2D eigenvalue weighted by molar-refractivity contribution is 9.10. The maximum atomic E-state index is 12.8. The summed E-state index contributed by atoms with van der Waals surface area (Å²) in [6.07, 6.45) is 0.825. The van der Waals surface area contributed by atoms with Crippen LogP contribution < -0.4 is 0 Å². The maximum Gasteiger partial charge on any atom is 0.127 e. The van der Waals surface area contributed by atoms with E-state index in [4.69, 9.17) is 0 Å². The van der Waals surface area contributed by atoms with Gasteiger partial charge >= 0.3 is 0 Å². The van der Waals surface area contributed by atoms with Gasteiger partial charge in [-0.25, -0.2) is 4.39 Å². The highest BCUT2D eigenvalue weighted by Gasteiger charge is 2.00. The number of benzene rings is 1. The number of rotatable bonds is 2. The Bertz CT molecular complexity index is 273. The van der Waals surface area contributed by atoms with Gasteiger partial charge in [-0.2, -0.15) is 0 Å². The maximum absolute atomic E-state index is 12.8. The molecule has 0 aliphatic rings. The summed E-state index contributed by atoms with van der Waals surface area (Å²) in [5.41, 5.74) is 0.434. The van der Waals surface area contributed by atoms with Gasteiger partial charge in [0.1, 0.15) is 12.1 Å². The lowest BCUT2D eigenvalue weighted by molar-refractivity contribution is -0.107. The van der Waals surface area contributed by atoms with E-state index in [-0.39, 0.29) is 12.2 Å². The normalized spacial score (nSPS) is 9.64. The largest absolute Gasteiger partial charge is 0.303 e. The van der Waals surface area contributed by atoms with Gasteiger partial charge in [-0.3, -0.25) is 0 Å². The van der Waals surface area contributed by atoms with Crippen molar-refractivity contribution in [3.05, 3.63) is 34.1 Å². The molecule has 0 radical (unpaired) electrons. The zero-order valence-electron chi connectivity index (χ0n) is 5.68. The van der Waals surface area contributed by atoms with Gasteiger partial charge in [-0.15, -0.1) is 0 Å². The predicted octanol–water partition coefficient (Wildman–Crippen LogP) is 2.33. The fourth-order valence-corrected chi connectivity index (χ4v) is 1.11. The molecule has 3 heteroatoms. The molecule has 1 nitrogen and oxygen atoms in total. The first kappa shape index (κ1) is 8.40. The molecule has 0 saturated carbocycles. The standard InChI is InChI=1S/C8H6BrFO/c9-7-2-1-6(3-4-11)8(10)5-7/h1-2,4-5H,3H2. The average molecular weight is 217 g/mol. The van der Waals surface area contributed by atoms with Crippen molar-refractivity contribution in [3.8, 4) is 0 Å². The van der Waals surface area contributed by atoms with Crippen molar-refractivity contribution in [2.45, 2.75) is 6.42 Å². The van der Waals surface area contributed by atoms with Gasteiger partial charge in [0, 0.05) is 10.9 Å². The first-order valence-corrected chi connectivity index (χ1v) is 3.91. The Labute approximate surface area is 72.4 Å². The lowest BCUT2D eigenvalue weighted by Gasteiger charge is -1.97. The van der Waals surface area contributed by atoms with Gasteiger partial charge in [0.05, 0.1) is 0 Å². The van der Waals surface area contributed by atoms with Crippen molar-refractivity contribution in [2.75, 3.05) is 0 Å². The number of halogens is 2. The lowest BCUT2D eigenvalue weighted by atomic mass is 10.1. The third-order valence-corrected chi connectivity index (χ3v) is 1.81. The third-order valence-electron chi connectivity index (χ3n) is 1.32. The van der Waals surface area contributed by atoms with Gasteiger partial charge in [0.2, 0.25) is 0 Å². The van der Waals surface area contributed by atoms with Crippen molar-refractivity contribution in [3.63, 3.8) is 0 Å². The molecule has 1 rings (SSSR count). The fraction of sp³-hybridized carbons (Fsp3) is 0.125. The van der Waals surface area contributed by atoms with Crippen LogP contribution in [0.25, 0.3) is 0 Å². The monoisotopic (exact) mass is 216 g/mol. The summed E-state index contributed by atoms with van der Waals surface area (Å²) < 4.78 is 13.5. The minimum absolute atomic E-state index is 0.138. The quantitative estimate of drug-likeness (QED) is 0.694. The molecule has 1 aromatic carbocycles. The Morgan fingerprint density at radius 1 is 1.55 bits per heavy atom. The Morgan fingerprint density at radius 2 is 2.27 bits per heavy atom. The third kappa shape index (κ3) is 2.12. The Kier molecular flexibility index (Phi) is 2.76. The zero-order chi connectivity index (χ0) is 8.27. The summed E-state index contributed by atoms with van der Waals surface area (Å²) in [4.78, 5) is 10.0. The van der Waals surface area contributed by atoms with Gasteiger partial charge in [-0.05, 0) is 17.7 Å². The summed E-state index contributed by atoms with van der Waals surface area (Å²) in [6.45, 7) is 0. The molecular weight excluding hydrogens is 211 g/mol. The number of carbonyl (C=O) groups excluding carboxylic acids is 1. The molecule has 0 spiro atoms. The summed E-state index contributed by atoms with van der Waals surface area (Å²) in [5.74, 6) is -0.341. The van der Waals surface area contributed by atoms with Gasteiger partial charge < -0.3 is 4.79 Å². The lowest BCUT2D eigenvalue weighted by Crippen LogP contribution is -1.90. The van der Waals surface area contributed by atoms with Crippen LogP contribution in [0.2, 0.25) is 0 Å². The molecule has 0 aliphatic carbocycles. The second-order valence-electron chi connectivity index (χ2n) is 2.11. The summed E-state index contributed by atoms with van der Waals surface area (Å²) in [7, 11) is 0. The number of aldehydes is 1. The molecule has 0 atom stereocenters. The molecule has 0 unspecified atom stereocenters. The van der Waals surface area contributed by atoms with Crippen LogP contribution in [0.1, 0.15) is 5.56 Å². The van der Waals surface area contributed by atoms with Crippen LogP contribution in [0.5, 0.6) is 0 Å². The Morgan fingerprint density at radius 3 is 2.82 bits per heavy atom. The summed E-state index contributed by atoms with van der Waals surface area (Å²) >= 11 is 3.12. The Hall–Kier alpha value is -0.700. The number of hydrogen-bond acceptors (Lipinski definition) is 1. The van der Waals surface area contributed by atoms with Crippen molar-refractivity contribution >= 4 is 22.2 Å². The van der Waals surface area contributed by atoms with E-state index < -0.39 is 0 Å². The first-order valence-electron chi connectivity index (χ1n) is 3.11. The van der Waals surface area contributed by atoms with E-state index in [9.17, 15) is 9.18 Å². The van der Waals surface area contributed by atoms with E-state index in [0.29, 0.717) is 16.3 Å². The molecular formula is C8H6BrFO. The van der Waals surface area contributed by atoms with Crippen LogP contribution >= 0.6 is 15.9 Å². The van der Waals surface area contributed by atoms with E-state index in [0.717, 1.165) is 0 Å². The predicted molar refractivity (Wildman–Crippen MR) is 43.9 cm³/mol. The van der Waals surface area contributed by atoms with Crippen LogP contribution in [-0.2, 0) is 11.2 Å². The van der Waals surface area contributed by atoms with Crippen LogP contribution in [0.3, 0.4) is 0 Å². The second-order valence-corrected chi connectivity index (χ2v) is 3.02. The number of hydrogen-bond donors (Lipinski definition) is 0. The van der Waals surface area contributed by atoms with Gasteiger partial charge in [0.25, 0.3) is 0 Å². The van der Waals surface area contributed by atoms with E-state index in [1.54, 1.807) is 12.1 Å². The molecule has 0 bridgehead atoms. The van der Waals surface area contributed by atoms with Gasteiger partial charge in [-0.1, -0.05) is 22.0 Å². The Balaban J connectivity index is 2.98. The highest BCUT2D eigenvalue weighted by atomic mass is 79.9. The fourth-order valence-electron chi connectivity index (χ4n) is 0.777. The highest BCUT2D eigenvalue weighted by Crippen LogP contribution is 2.14. The minimum atomic E-state index is -0.341. The van der Waals surface area contributed by atoms with Crippen molar-refractivity contribution in [1.82, 2.24) is 0 Å². The molecule has 11 heavy (non-hydrogen) atoms. The molecule has 0 amide bonds. The second kappa shape index (κ2) is 3.62. The molecule has 1 aromatic rings. The molecule has 0 saturated heterocycles. The first-order chi connectivity index (χ1) is 5.24. The zero-order valence-corrected chi connectivity index (χ0v) is 7.27. The SMILES string of the molecule is O=CCc1ccc(Br)cc1F. The van der Waals surface area contributed by atoms with Crippen LogP contribution in [0.15, 0.2) is 22.7 Å².